The molecule has 1 atom stereocenters. The minimum atomic E-state index is 0.0176. The first-order valence-electron chi connectivity index (χ1n) is 7.04. The molecule has 0 saturated carbocycles. The molecule has 1 heterocycles. The second kappa shape index (κ2) is 4.45. The molecule has 0 bridgehead atoms. The summed E-state index contributed by atoms with van der Waals surface area (Å²) in [5.74, 6) is 0.760. The lowest BCUT2D eigenvalue weighted by Crippen LogP contribution is -2.06. The van der Waals surface area contributed by atoms with Gasteiger partial charge >= 0.3 is 0 Å². The zero-order chi connectivity index (χ0) is 14.4. The van der Waals surface area contributed by atoms with Gasteiger partial charge in [0, 0.05) is 6.07 Å². The van der Waals surface area contributed by atoms with Gasteiger partial charge in [0.2, 0.25) is 0 Å². The Bertz CT molecular complexity index is 931. The largest absolute Gasteiger partial charge is 0.460 e. The quantitative estimate of drug-likeness (QED) is 0.660. The van der Waals surface area contributed by atoms with Crippen molar-refractivity contribution in [1.29, 1.82) is 0 Å². The second-order valence-corrected chi connectivity index (χ2v) is 5.46. The molecule has 0 radical (unpaired) electrons. The normalized spacial score (nSPS) is 16.8. The zero-order valence-electron chi connectivity index (χ0n) is 11.7. The Morgan fingerprint density at radius 3 is 2.67 bits per heavy atom. The number of fused-ring (bicyclic) bond motifs is 2. The molecular formula is C19H14O2. The first-order chi connectivity index (χ1) is 10.2. The van der Waals surface area contributed by atoms with Crippen LogP contribution in [0.3, 0.4) is 0 Å². The third-order valence-electron chi connectivity index (χ3n) is 4.08. The van der Waals surface area contributed by atoms with Crippen LogP contribution < -0.4 is 5.43 Å². The van der Waals surface area contributed by atoms with Crippen LogP contribution in [0.4, 0.5) is 0 Å². The molecule has 1 unspecified atom stereocenters. The molecule has 0 N–H and O–H groups in total. The molecule has 2 nitrogen and oxygen atoms in total. The average Bonchev–Trinajstić information content (AvgIpc) is 2.83. The van der Waals surface area contributed by atoms with E-state index < -0.39 is 0 Å². The Hall–Kier alpha value is -2.61. The van der Waals surface area contributed by atoms with E-state index in [-0.39, 0.29) is 11.3 Å². The summed E-state index contributed by atoms with van der Waals surface area (Å²) < 4.78 is 6.01. The Morgan fingerprint density at radius 2 is 1.76 bits per heavy atom. The van der Waals surface area contributed by atoms with Gasteiger partial charge in [-0.25, -0.2) is 0 Å². The molecule has 1 aromatic heterocycles. The number of para-hydroxylation sites is 1. The van der Waals surface area contributed by atoms with E-state index in [1.165, 1.54) is 16.7 Å². The molecular weight excluding hydrogens is 260 g/mol. The van der Waals surface area contributed by atoms with Gasteiger partial charge in [0.15, 0.2) is 5.43 Å². The summed E-state index contributed by atoms with van der Waals surface area (Å²) in [6.07, 6.45) is 2.16. The zero-order valence-corrected chi connectivity index (χ0v) is 11.7. The van der Waals surface area contributed by atoms with Crippen LogP contribution >= 0.6 is 0 Å². The van der Waals surface area contributed by atoms with E-state index in [1.807, 2.05) is 30.3 Å². The van der Waals surface area contributed by atoms with Crippen molar-refractivity contribution in [2.45, 2.75) is 12.8 Å². The summed E-state index contributed by atoms with van der Waals surface area (Å²) in [6.45, 7) is 2.08. The molecule has 1 aliphatic carbocycles. The average molecular weight is 274 g/mol. The molecule has 1 aliphatic rings. The molecule has 2 aromatic carbocycles. The highest BCUT2D eigenvalue weighted by Gasteiger charge is 2.26. The molecule has 21 heavy (non-hydrogen) atoms. The van der Waals surface area contributed by atoms with Crippen LogP contribution in [-0.2, 0) is 0 Å². The summed E-state index contributed by atoms with van der Waals surface area (Å²) in [6, 6.07) is 17.3. The molecule has 3 aromatic rings. The van der Waals surface area contributed by atoms with Gasteiger partial charge in [0.05, 0.1) is 11.3 Å². The maximum Gasteiger partial charge on any atom is 0.192 e. The van der Waals surface area contributed by atoms with Crippen molar-refractivity contribution in [3.8, 4) is 0 Å². The van der Waals surface area contributed by atoms with Crippen LogP contribution in [0.5, 0.6) is 0 Å². The van der Waals surface area contributed by atoms with Gasteiger partial charge in [-0.05, 0) is 30.2 Å². The van der Waals surface area contributed by atoms with Crippen LogP contribution in [0.2, 0.25) is 0 Å². The van der Waals surface area contributed by atoms with Crippen LogP contribution in [0.15, 0.2) is 69.4 Å². The Morgan fingerprint density at radius 1 is 1.00 bits per heavy atom. The van der Waals surface area contributed by atoms with Crippen molar-refractivity contribution >= 4 is 17.0 Å². The maximum absolute atomic E-state index is 12.3. The van der Waals surface area contributed by atoms with Crippen molar-refractivity contribution < 1.29 is 4.42 Å². The molecule has 0 spiro atoms. The monoisotopic (exact) mass is 274 g/mol. The lowest BCUT2D eigenvalue weighted by atomic mass is 9.93. The van der Waals surface area contributed by atoms with E-state index in [1.54, 1.807) is 12.1 Å². The first kappa shape index (κ1) is 12.2. The van der Waals surface area contributed by atoms with Crippen LogP contribution in [0, 0.1) is 0 Å². The van der Waals surface area contributed by atoms with Crippen LogP contribution in [0.25, 0.3) is 17.0 Å². The topological polar surface area (TPSA) is 30.2 Å². The van der Waals surface area contributed by atoms with Crippen molar-refractivity contribution in [1.82, 2.24) is 0 Å². The number of hydrogen-bond donors (Lipinski definition) is 0. The van der Waals surface area contributed by atoms with E-state index in [0.717, 1.165) is 5.76 Å². The van der Waals surface area contributed by atoms with E-state index in [9.17, 15) is 4.79 Å². The first-order valence-corrected chi connectivity index (χ1v) is 7.04. The fourth-order valence-corrected chi connectivity index (χ4v) is 3.12. The summed E-state index contributed by atoms with van der Waals surface area (Å²) in [4.78, 5) is 12.3. The predicted octanol–water partition coefficient (Wildman–Crippen LogP) is 4.34. The molecule has 0 amide bonds. The Balaban J connectivity index is 1.96. The van der Waals surface area contributed by atoms with E-state index >= 15 is 0 Å². The van der Waals surface area contributed by atoms with Gasteiger partial charge in [-0.2, -0.15) is 0 Å². The van der Waals surface area contributed by atoms with Gasteiger partial charge in [0.1, 0.15) is 11.3 Å². The molecule has 0 aliphatic heterocycles. The Labute approximate surface area is 122 Å². The molecule has 2 heteroatoms. The van der Waals surface area contributed by atoms with Crippen molar-refractivity contribution in [3.05, 3.63) is 87.3 Å². The van der Waals surface area contributed by atoms with E-state index in [4.69, 9.17) is 4.42 Å². The van der Waals surface area contributed by atoms with Gasteiger partial charge in [0.25, 0.3) is 0 Å². The lowest BCUT2D eigenvalue weighted by Gasteiger charge is -2.14. The van der Waals surface area contributed by atoms with Gasteiger partial charge in [-0.1, -0.05) is 48.0 Å². The van der Waals surface area contributed by atoms with Crippen molar-refractivity contribution in [3.63, 3.8) is 0 Å². The standard InChI is InChI=1S/C19H14O2/c1-12-10-13-6-2-3-7-14(13)19(12)18-11-16(20)15-8-4-5-9-17(15)21-18/h2-11,19H,1H3. The summed E-state index contributed by atoms with van der Waals surface area (Å²) in [5, 5.41) is 0.633. The minimum Gasteiger partial charge on any atom is -0.460 e. The fraction of sp³-hybridized carbons (Fsp3) is 0.105. The molecule has 0 saturated heterocycles. The van der Waals surface area contributed by atoms with Crippen molar-refractivity contribution in [2.75, 3.05) is 0 Å². The number of hydrogen-bond acceptors (Lipinski definition) is 2. The third-order valence-corrected chi connectivity index (χ3v) is 4.08. The Kier molecular flexibility index (Phi) is 2.58. The summed E-state index contributed by atoms with van der Waals surface area (Å²) in [5.41, 5.74) is 4.28. The van der Waals surface area contributed by atoms with Crippen molar-refractivity contribution in [2.24, 2.45) is 0 Å². The van der Waals surface area contributed by atoms with Gasteiger partial charge in [-0.15, -0.1) is 0 Å². The second-order valence-electron chi connectivity index (χ2n) is 5.46. The number of rotatable bonds is 1. The molecule has 102 valence electrons. The SMILES string of the molecule is CC1=Cc2ccccc2C1c1cc(=O)c2ccccc2o1. The minimum absolute atomic E-state index is 0.0176. The molecule has 4 rings (SSSR count). The third kappa shape index (κ3) is 1.83. The smallest absolute Gasteiger partial charge is 0.192 e. The van der Waals surface area contributed by atoms with E-state index in [2.05, 4.69) is 25.1 Å². The highest BCUT2D eigenvalue weighted by atomic mass is 16.3. The highest BCUT2D eigenvalue weighted by Crippen LogP contribution is 2.40. The number of allylic oxidation sites excluding steroid dienone is 1. The van der Waals surface area contributed by atoms with E-state index in [0.29, 0.717) is 11.0 Å². The predicted molar refractivity (Wildman–Crippen MR) is 84.4 cm³/mol. The summed E-state index contributed by atoms with van der Waals surface area (Å²) in [7, 11) is 0. The fourth-order valence-electron chi connectivity index (χ4n) is 3.12. The van der Waals surface area contributed by atoms with Crippen LogP contribution in [-0.4, -0.2) is 0 Å². The lowest BCUT2D eigenvalue weighted by molar-refractivity contribution is 0.528. The van der Waals surface area contributed by atoms with Crippen LogP contribution in [0.1, 0.15) is 29.7 Å². The highest BCUT2D eigenvalue weighted by molar-refractivity contribution is 5.77. The van der Waals surface area contributed by atoms with Gasteiger partial charge < -0.3 is 4.42 Å². The molecule has 0 fully saturated rings. The summed E-state index contributed by atoms with van der Waals surface area (Å²) >= 11 is 0. The maximum atomic E-state index is 12.3. The van der Waals surface area contributed by atoms with Gasteiger partial charge in [-0.3, -0.25) is 4.79 Å². The number of benzene rings is 2.